The molecule has 0 fully saturated rings. The number of para-hydroxylation sites is 2. The fourth-order valence-electron chi connectivity index (χ4n) is 4.20. The monoisotopic (exact) mass is 512 g/mol. The molecule has 38 heavy (non-hydrogen) atoms. The highest BCUT2D eigenvalue weighted by Crippen LogP contribution is 2.31. The Morgan fingerprint density at radius 3 is 2.58 bits per heavy atom. The van der Waals surface area contributed by atoms with Crippen molar-refractivity contribution in [3.8, 4) is 34.3 Å². The zero-order chi connectivity index (χ0) is 26.1. The van der Waals surface area contributed by atoms with Gasteiger partial charge in [-0.1, -0.05) is 66.2 Å². The van der Waals surface area contributed by atoms with Gasteiger partial charge < -0.3 is 4.42 Å². The fourth-order valence-corrected chi connectivity index (χ4v) is 4.99. The molecule has 0 aliphatic carbocycles. The number of benzene rings is 3. The van der Waals surface area contributed by atoms with E-state index in [9.17, 15) is 10.1 Å². The zero-order valence-corrected chi connectivity index (χ0v) is 21.1. The van der Waals surface area contributed by atoms with Crippen molar-refractivity contribution in [2.24, 2.45) is 0 Å². The lowest BCUT2D eigenvalue weighted by molar-refractivity contribution is 0.563. The van der Waals surface area contributed by atoms with Gasteiger partial charge in [0.1, 0.15) is 16.7 Å². The first-order valence-corrected chi connectivity index (χ1v) is 12.8. The Labute approximate surface area is 222 Å². The maximum absolute atomic E-state index is 12.6. The van der Waals surface area contributed by atoms with Gasteiger partial charge in [-0.2, -0.15) is 10.4 Å². The molecule has 0 amide bonds. The number of hydrogen-bond donors (Lipinski definition) is 0. The van der Waals surface area contributed by atoms with Crippen molar-refractivity contribution in [2.75, 3.05) is 0 Å². The summed E-state index contributed by atoms with van der Waals surface area (Å²) in [6.45, 7) is 2.04. The van der Waals surface area contributed by atoms with E-state index in [1.165, 1.54) is 11.3 Å². The number of allylic oxidation sites excluding steroid dienone is 1. The molecule has 3 aromatic heterocycles. The average molecular weight is 513 g/mol. The number of rotatable bonds is 5. The van der Waals surface area contributed by atoms with Gasteiger partial charge >= 0.3 is 5.63 Å². The Balaban J connectivity index is 1.44. The summed E-state index contributed by atoms with van der Waals surface area (Å²) in [5.74, 6) is 0. The molecule has 0 radical (unpaired) electrons. The van der Waals surface area contributed by atoms with Crippen LogP contribution in [0.2, 0.25) is 0 Å². The van der Waals surface area contributed by atoms with E-state index >= 15 is 0 Å². The molecule has 3 heterocycles. The summed E-state index contributed by atoms with van der Waals surface area (Å²) in [6, 6.07) is 29.4. The van der Waals surface area contributed by atoms with E-state index in [0.29, 0.717) is 27.4 Å². The van der Waals surface area contributed by atoms with Gasteiger partial charge in [0.15, 0.2) is 0 Å². The predicted octanol–water partition coefficient (Wildman–Crippen LogP) is 7.14. The lowest BCUT2D eigenvalue weighted by Gasteiger charge is -2.01. The summed E-state index contributed by atoms with van der Waals surface area (Å²) < 4.78 is 7.28. The van der Waals surface area contributed by atoms with Crippen molar-refractivity contribution in [1.29, 1.82) is 5.26 Å². The first-order valence-electron chi connectivity index (χ1n) is 11.9. The number of aryl methyl sites for hydroxylation is 1. The van der Waals surface area contributed by atoms with Crippen molar-refractivity contribution >= 4 is 34.0 Å². The molecule has 0 bridgehead atoms. The van der Waals surface area contributed by atoms with Crippen molar-refractivity contribution in [2.45, 2.75) is 6.92 Å². The Morgan fingerprint density at radius 1 is 1.03 bits per heavy atom. The van der Waals surface area contributed by atoms with Gasteiger partial charge in [-0.05, 0) is 37.3 Å². The lowest BCUT2D eigenvalue weighted by Crippen LogP contribution is -2.02. The van der Waals surface area contributed by atoms with Crippen LogP contribution in [0.25, 0.3) is 50.8 Å². The summed E-state index contributed by atoms with van der Waals surface area (Å²) in [6.07, 6.45) is 3.71. The van der Waals surface area contributed by atoms with Crippen LogP contribution in [0.3, 0.4) is 0 Å². The van der Waals surface area contributed by atoms with E-state index in [-0.39, 0.29) is 0 Å². The highest BCUT2D eigenvalue weighted by Gasteiger charge is 2.16. The zero-order valence-electron chi connectivity index (χ0n) is 20.3. The highest BCUT2D eigenvalue weighted by molar-refractivity contribution is 7.11. The van der Waals surface area contributed by atoms with E-state index in [0.717, 1.165) is 33.5 Å². The second-order valence-corrected chi connectivity index (χ2v) is 9.63. The van der Waals surface area contributed by atoms with Crippen LogP contribution >= 0.6 is 11.3 Å². The SMILES string of the molecule is Cc1ccc(-c2nn(-c3ccccc3)cc2/C=C(/C#N)c2nc(-c3cc4ccccc4oc3=O)cs2)cc1. The lowest BCUT2D eigenvalue weighted by atomic mass is 10.0. The first-order chi connectivity index (χ1) is 18.6. The summed E-state index contributed by atoms with van der Waals surface area (Å²) in [4.78, 5) is 17.3. The number of aromatic nitrogens is 3. The summed E-state index contributed by atoms with van der Waals surface area (Å²) >= 11 is 1.31. The quantitative estimate of drug-likeness (QED) is 0.181. The van der Waals surface area contributed by atoms with Crippen LogP contribution in [-0.2, 0) is 0 Å². The van der Waals surface area contributed by atoms with Gasteiger partial charge in [-0.25, -0.2) is 14.5 Å². The third-order valence-corrected chi connectivity index (χ3v) is 7.04. The van der Waals surface area contributed by atoms with Crippen LogP contribution < -0.4 is 5.63 Å². The minimum atomic E-state index is -0.464. The third kappa shape index (κ3) is 4.45. The van der Waals surface area contributed by atoms with E-state index in [4.69, 9.17) is 9.52 Å². The molecule has 182 valence electrons. The number of thiazole rings is 1. The van der Waals surface area contributed by atoms with Gasteiger partial charge in [-0.3, -0.25) is 0 Å². The van der Waals surface area contributed by atoms with E-state index < -0.39 is 5.63 Å². The molecule has 0 saturated carbocycles. The molecule has 6 rings (SSSR count). The Kier molecular flexibility index (Phi) is 6.00. The average Bonchev–Trinajstić information content (AvgIpc) is 3.60. The van der Waals surface area contributed by atoms with Crippen molar-refractivity contribution in [3.05, 3.63) is 123 Å². The Morgan fingerprint density at radius 2 is 1.79 bits per heavy atom. The maximum Gasteiger partial charge on any atom is 0.345 e. The molecular formula is C31H20N4O2S. The van der Waals surface area contributed by atoms with Crippen LogP contribution in [-0.4, -0.2) is 14.8 Å². The molecule has 6 nitrogen and oxygen atoms in total. The molecule has 0 atom stereocenters. The Hall–Kier alpha value is -5.06. The van der Waals surface area contributed by atoms with E-state index in [2.05, 4.69) is 11.1 Å². The first kappa shape index (κ1) is 23.3. The van der Waals surface area contributed by atoms with E-state index in [1.54, 1.807) is 23.6 Å². The van der Waals surface area contributed by atoms with E-state index in [1.807, 2.05) is 90.6 Å². The molecule has 0 unspecified atom stereocenters. The van der Waals surface area contributed by atoms with Gasteiger partial charge in [0.25, 0.3) is 0 Å². The van der Waals surface area contributed by atoms with Crippen LogP contribution in [0.1, 0.15) is 16.1 Å². The minimum Gasteiger partial charge on any atom is -0.422 e. The highest BCUT2D eigenvalue weighted by atomic mass is 32.1. The summed E-state index contributed by atoms with van der Waals surface area (Å²) in [5, 5.41) is 18.0. The summed E-state index contributed by atoms with van der Waals surface area (Å²) in [7, 11) is 0. The third-order valence-electron chi connectivity index (χ3n) is 6.16. The molecule has 0 N–H and O–H groups in total. The number of fused-ring (bicyclic) bond motifs is 1. The normalized spacial score (nSPS) is 11.5. The van der Waals surface area contributed by atoms with Crippen LogP contribution in [0.5, 0.6) is 0 Å². The van der Waals surface area contributed by atoms with Gasteiger partial charge in [0, 0.05) is 28.1 Å². The molecule has 0 spiro atoms. The van der Waals surface area contributed by atoms with Crippen molar-refractivity contribution in [3.63, 3.8) is 0 Å². The molecule has 0 aliphatic rings. The molecule has 6 aromatic rings. The number of nitrogens with zero attached hydrogens (tertiary/aromatic N) is 4. The molecule has 7 heteroatoms. The topological polar surface area (TPSA) is 84.7 Å². The number of hydrogen-bond acceptors (Lipinski definition) is 6. The molecular weight excluding hydrogens is 492 g/mol. The standard InChI is InChI=1S/C31H20N4O2S/c1-20-11-13-21(14-12-20)29-24(18-35(34-29)25-8-3-2-4-9-25)15-23(17-32)30-33-27(19-38-30)26-16-22-7-5-6-10-28(22)37-31(26)36/h2-16,18-19H,1H3/b23-15-. The Bertz CT molecular complexity index is 1910. The van der Waals surface area contributed by atoms with Crippen molar-refractivity contribution < 1.29 is 4.42 Å². The predicted molar refractivity (Wildman–Crippen MR) is 151 cm³/mol. The number of nitriles is 1. The van der Waals surface area contributed by atoms with Crippen LogP contribution in [0, 0.1) is 18.3 Å². The van der Waals surface area contributed by atoms with Gasteiger partial charge in [0.05, 0.1) is 28.2 Å². The smallest absolute Gasteiger partial charge is 0.345 e. The van der Waals surface area contributed by atoms with Crippen molar-refractivity contribution in [1.82, 2.24) is 14.8 Å². The fraction of sp³-hybridized carbons (Fsp3) is 0.0323. The molecule has 0 aliphatic heterocycles. The maximum atomic E-state index is 12.6. The van der Waals surface area contributed by atoms with Gasteiger partial charge in [-0.15, -0.1) is 11.3 Å². The minimum absolute atomic E-state index is 0.362. The van der Waals surface area contributed by atoms with Crippen LogP contribution in [0.15, 0.2) is 106 Å². The second kappa shape index (κ2) is 9.77. The molecule has 0 saturated heterocycles. The molecule has 3 aromatic carbocycles. The largest absolute Gasteiger partial charge is 0.422 e. The summed E-state index contributed by atoms with van der Waals surface area (Å²) in [5.41, 5.74) is 5.84. The second-order valence-electron chi connectivity index (χ2n) is 8.77. The van der Waals surface area contributed by atoms with Crippen LogP contribution in [0.4, 0.5) is 0 Å². The van der Waals surface area contributed by atoms with Gasteiger partial charge in [0.2, 0.25) is 0 Å².